The van der Waals surface area contributed by atoms with Gasteiger partial charge in [-0.25, -0.2) is 0 Å². The molecular formula is C13H18N2O4. The molecule has 0 bridgehead atoms. The molecule has 2 rings (SSSR count). The Hall–Kier alpha value is -1.82. The number of nitro groups is 1. The van der Waals surface area contributed by atoms with Crippen molar-refractivity contribution in [2.45, 2.75) is 31.3 Å². The standard InChI is InChI=1S/C13H18N2O4/c1-19-12-8-10(4-5-11(12)15(17)18)14-9-13(16)6-2-3-7-13/h4-5,8,14,16H,2-3,6-7,9H2,1H3. The van der Waals surface area contributed by atoms with Crippen LogP contribution in [0.15, 0.2) is 18.2 Å². The first-order chi connectivity index (χ1) is 9.04. The van der Waals surface area contributed by atoms with Gasteiger partial charge in [0.15, 0.2) is 5.75 Å². The maximum absolute atomic E-state index is 10.8. The molecule has 0 saturated heterocycles. The van der Waals surface area contributed by atoms with Crippen molar-refractivity contribution in [3.8, 4) is 5.75 Å². The Morgan fingerprint density at radius 2 is 2.16 bits per heavy atom. The summed E-state index contributed by atoms with van der Waals surface area (Å²) in [4.78, 5) is 10.3. The Morgan fingerprint density at radius 1 is 1.47 bits per heavy atom. The molecule has 104 valence electrons. The van der Waals surface area contributed by atoms with E-state index in [0.717, 1.165) is 25.7 Å². The fraction of sp³-hybridized carbons (Fsp3) is 0.538. The fourth-order valence-corrected chi connectivity index (χ4v) is 2.41. The van der Waals surface area contributed by atoms with Gasteiger partial charge in [-0.05, 0) is 18.9 Å². The number of rotatable bonds is 5. The molecule has 1 aliphatic rings. The summed E-state index contributed by atoms with van der Waals surface area (Å²) < 4.78 is 5.00. The van der Waals surface area contributed by atoms with Crippen LogP contribution in [0.3, 0.4) is 0 Å². The van der Waals surface area contributed by atoms with Crippen molar-refractivity contribution >= 4 is 11.4 Å². The lowest BCUT2D eigenvalue weighted by Gasteiger charge is -2.23. The Labute approximate surface area is 111 Å². The van der Waals surface area contributed by atoms with Gasteiger partial charge in [0.25, 0.3) is 0 Å². The molecule has 1 aromatic carbocycles. The van der Waals surface area contributed by atoms with Crippen LogP contribution in [-0.4, -0.2) is 29.3 Å². The van der Waals surface area contributed by atoms with E-state index in [2.05, 4.69) is 5.32 Å². The Morgan fingerprint density at radius 3 is 2.74 bits per heavy atom. The molecule has 0 radical (unpaired) electrons. The Bertz CT molecular complexity index is 470. The van der Waals surface area contributed by atoms with Crippen LogP contribution < -0.4 is 10.1 Å². The zero-order chi connectivity index (χ0) is 13.9. The Balaban J connectivity index is 2.07. The van der Waals surface area contributed by atoms with Crippen molar-refractivity contribution in [2.75, 3.05) is 19.0 Å². The second kappa shape index (κ2) is 5.44. The third kappa shape index (κ3) is 3.14. The van der Waals surface area contributed by atoms with E-state index in [0.29, 0.717) is 12.2 Å². The largest absolute Gasteiger partial charge is 0.490 e. The van der Waals surface area contributed by atoms with E-state index in [9.17, 15) is 15.2 Å². The number of nitrogens with zero attached hydrogens (tertiary/aromatic N) is 1. The molecule has 0 spiro atoms. The van der Waals surface area contributed by atoms with E-state index in [-0.39, 0.29) is 11.4 Å². The molecule has 0 atom stereocenters. The summed E-state index contributed by atoms with van der Waals surface area (Å²) in [5.74, 6) is 0.216. The van der Waals surface area contributed by atoms with Crippen molar-refractivity contribution in [3.63, 3.8) is 0 Å². The summed E-state index contributed by atoms with van der Waals surface area (Å²) in [7, 11) is 1.40. The van der Waals surface area contributed by atoms with Crippen LogP contribution in [0.4, 0.5) is 11.4 Å². The second-order valence-electron chi connectivity index (χ2n) is 4.93. The van der Waals surface area contributed by atoms with Crippen molar-refractivity contribution in [2.24, 2.45) is 0 Å². The highest BCUT2D eigenvalue weighted by Gasteiger charge is 2.30. The quantitative estimate of drug-likeness (QED) is 0.631. The van der Waals surface area contributed by atoms with Gasteiger partial charge in [-0.3, -0.25) is 10.1 Å². The number of methoxy groups -OCH3 is 1. The minimum Gasteiger partial charge on any atom is -0.490 e. The Kier molecular flexibility index (Phi) is 3.90. The van der Waals surface area contributed by atoms with Gasteiger partial charge in [0.1, 0.15) is 0 Å². The van der Waals surface area contributed by atoms with Crippen LogP contribution in [0, 0.1) is 10.1 Å². The molecule has 6 heteroatoms. The zero-order valence-corrected chi connectivity index (χ0v) is 10.9. The van der Waals surface area contributed by atoms with E-state index >= 15 is 0 Å². The van der Waals surface area contributed by atoms with Gasteiger partial charge in [-0.1, -0.05) is 12.8 Å². The number of ether oxygens (including phenoxy) is 1. The van der Waals surface area contributed by atoms with Crippen LogP contribution in [-0.2, 0) is 0 Å². The molecule has 1 aromatic rings. The van der Waals surface area contributed by atoms with E-state index in [1.807, 2.05) is 0 Å². The van der Waals surface area contributed by atoms with Crippen molar-refractivity contribution in [1.82, 2.24) is 0 Å². The first-order valence-electron chi connectivity index (χ1n) is 6.33. The lowest BCUT2D eigenvalue weighted by atomic mass is 10.0. The zero-order valence-electron chi connectivity index (χ0n) is 10.9. The lowest BCUT2D eigenvalue weighted by Crippen LogP contribution is -2.33. The summed E-state index contributed by atoms with van der Waals surface area (Å²) >= 11 is 0. The number of benzene rings is 1. The van der Waals surface area contributed by atoms with Crippen molar-refractivity contribution in [1.29, 1.82) is 0 Å². The molecule has 1 aliphatic carbocycles. The van der Waals surface area contributed by atoms with Crippen molar-refractivity contribution < 1.29 is 14.8 Å². The first kappa shape index (κ1) is 13.6. The van der Waals surface area contributed by atoms with Crippen LogP contribution in [0.25, 0.3) is 0 Å². The summed E-state index contributed by atoms with van der Waals surface area (Å²) in [6, 6.07) is 4.61. The predicted octanol–water partition coefficient (Wildman–Crippen LogP) is 2.32. The van der Waals surface area contributed by atoms with Gasteiger partial charge in [-0.2, -0.15) is 0 Å². The molecule has 1 saturated carbocycles. The SMILES string of the molecule is COc1cc(NCC2(O)CCCC2)ccc1[N+](=O)[O-]. The summed E-state index contributed by atoms with van der Waals surface area (Å²) in [5.41, 5.74) is -0.00921. The molecule has 0 unspecified atom stereocenters. The minimum absolute atomic E-state index is 0.0624. The molecule has 19 heavy (non-hydrogen) atoms. The van der Waals surface area contributed by atoms with Crippen LogP contribution in [0.5, 0.6) is 5.75 Å². The topological polar surface area (TPSA) is 84.6 Å². The molecule has 1 fully saturated rings. The number of anilines is 1. The van der Waals surface area contributed by atoms with E-state index in [4.69, 9.17) is 4.74 Å². The maximum atomic E-state index is 10.8. The molecule has 0 heterocycles. The van der Waals surface area contributed by atoms with Gasteiger partial charge in [0.05, 0.1) is 17.6 Å². The summed E-state index contributed by atoms with van der Waals surface area (Å²) in [6.07, 6.45) is 3.68. The smallest absolute Gasteiger partial charge is 0.311 e. The summed E-state index contributed by atoms with van der Waals surface area (Å²) in [5, 5.41) is 24.1. The number of nitro benzene ring substituents is 1. The number of hydrogen-bond donors (Lipinski definition) is 2. The molecule has 0 aromatic heterocycles. The number of hydrogen-bond acceptors (Lipinski definition) is 5. The van der Waals surface area contributed by atoms with Crippen LogP contribution in [0.2, 0.25) is 0 Å². The van der Waals surface area contributed by atoms with Gasteiger partial charge in [0, 0.05) is 24.4 Å². The molecule has 0 amide bonds. The van der Waals surface area contributed by atoms with Gasteiger partial charge in [0.2, 0.25) is 0 Å². The third-order valence-electron chi connectivity index (χ3n) is 3.53. The highest BCUT2D eigenvalue weighted by atomic mass is 16.6. The predicted molar refractivity (Wildman–Crippen MR) is 71.6 cm³/mol. The van der Waals surface area contributed by atoms with Gasteiger partial charge < -0.3 is 15.2 Å². The highest BCUT2D eigenvalue weighted by Crippen LogP contribution is 2.32. The normalized spacial score (nSPS) is 17.2. The highest BCUT2D eigenvalue weighted by molar-refractivity contribution is 5.58. The molecule has 0 aliphatic heterocycles. The maximum Gasteiger partial charge on any atom is 0.311 e. The fourth-order valence-electron chi connectivity index (χ4n) is 2.41. The van der Waals surface area contributed by atoms with Gasteiger partial charge >= 0.3 is 5.69 Å². The second-order valence-corrected chi connectivity index (χ2v) is 4.93. The first-order valence-corrected chi connectivity index (χ1v) is 6.33. The number of aliphatic hydroxyl groups is 1. The lowest BCUT2D eigenvalue weighted by molar-refractivity contribution is -0.385. The minimum atomic E-state index is -0.658. The van der Waals surface area contributed by atoms with Crippen LogP contribution >= 0.6 is 0 Å². The van der Waals surface area contributed by atoms with Crippen molar-refractivity contribution in [3.05, 3.63) is 28.3 Å². The number of nitrogens with one attached hydrogen (secondary N) is 1. The molecular weight excluding hydrogens is 248 g/mol. The van der Waals surface area contributed by atoms with Crippen LogP contribution in [0.1, 0.15) is 25.7 Å². The van der Waals surface area contributed by atoms with Gasteiger partial charge in [-0.15, -0.1) is 0 Å². The molecule has 6 nitrogen and oxygen atoms in total. The average molecular weight is 266 g/mol. The summed E-state index contributed by atoms with van der Waals surface area (Å²) in [6.45, 7) is 0.452. The monoisotopic (exact) mass is 266 g/mol. The van der Waals surface area contributed by atoms with E-state index in [1.165, 1.54) is 13.2 Å². The third-order valence-corrected chi connectivity index (χ3v) is 3.53. The van der Waals surface area contributed by atoms with E-state index < -0.39 is 10.5 Å². The molecule has 2 N–H and O–H groups in total. The van der Waals surface area contributed by atoms with E-state index in [1.54, 1.807) is 12.1 Å². The average Bonchev–Trinajstić information content (AvgIpc) is 2.83.